The maximum Gasteiger partial charge on any atom is 0.293 e. The van der Waals surface area contributed by atoms with Crippen LogP contribution in [0.25, 0.3) is 6.08 Å². The van der Waals surface area contributed by atoms with Gasteiger partial charge in [0.05, 0.1) is 15.7 Å². The van der Waals surface area contributed by atoms with Crippen molar-refractivity contribution in [3.05, 3.63) is 85.8 Å². The van der Waals surface area contributed by atoms with Crippen LogP contribution < -0.4 is 0 Å². The first-order valence-electron chi connectivity index (χ1n) is 8.62. The van der Waals surface area contributed by atoms with Crippen LogP contribution in [0.15, 0.2) is 68.6 Å². The van der Waals surface area contributed by atoms with E-state index < -0.39 is 17.0 Å². The summed E-state index contributed by atoms with van der Waals surface area (Å²) >= 11 is 15.9. The van der Waals surface area contributed by atoms with E-state index in [1.807, 2.05) is 36.4 Å². The molecule has 0 aliphatic carbocycles. The molecule has 1 aromatic heterocycles. The Hall–Kier alpha value is -1.77. The first-order valence-corrected chi connectivity index (χ1v) is 11.8. The van der Waals surface area contributed by atoms with Crippen LogP contribution in [0.2, 0.25) is 10.0 Å². The molecule has 0 bridgehead atoms. The largest absolute Gasteiger partial charge is 0.293 e. The van der Waals surface area contributed by atoms with Gasteiger partial charge in [0, 0.05) is 25.4 Å². The minimum atomic E-state index is -0.548. The van der Waals surface area contributed by atoms with Gasteiger partial charge in [-0.05, 0) is 66.4 Å². The molecule has 1 aliphatic heterocycles. The molecule has 0 radical (unpaired) electrons. The third kappa shape index (κ3) is 4.76. The zero-order valence-corrected chi connectivity index (χ0v) is 19.1. The highest BCUT2D eigenvalue weighted by atomic mass is 35.5. The van der Waals surface area contributed by atoms with Gasteiger partial charge < -0.3 is 0 Å². The molecule has 0 N–H and O–H groups in total. The van der Waals surface area contributed by atoms with E-state index in [-0.39, 0.29) is 17.1 Å². The Kier molecular flexibility index (Phi) is 6.55. The quantitative estimate of drug-likeness (QED) is 0.341. The molecule has 1 fully saturated rings. The molecule has 3 aromatic rings. The van der Waals surface area contributed by atoms with Crippen molar-refractivity contribution in [1.82, 2.24) is 4.90 Å². The minimum Gasteiger partial charge on any atom is -0.268 e. The summed E-state index contributed by atoms with van der Waals surface area (Å²) in [6.07, 6.45) is 1.68. The first kappa shape index (κ1) is 21.5. The third-order valence-corrected chi connectivity index (χ3v) is 7.84. The maximum atomic E-state index is 14.0. The van der Waals surface area contributed by atoms with Crippen LogP contribution in [0.5, 0.6) is 0 Å². The van der Waals surface area contributed by atoms with Crippen molar-refractivity contribution in [3.8, 4) is 0 Å². The van der Waals surface area contributed by atoms with Crippen molar-refractivity contribution in [2.75, 3.05) is 0 Å². The van der Waals surface area contributed by atoms with Crippen LogP contribution in [0.3, 0.4) is 0 Å². The maximum absolute atomic E-state index is 14.0. The highest BCUT2D eigenvalue weighted by Crippen LogP contribution is 2.38. The number of benzene rings is 2. The van der Waals surface area contributed by atoms with Gasteiger partial charge in [0.25, 0.3) is 11.1 Å². The Balaban J connectivity index is 1.49. The molecule has 0 saturated carbocycles. The number of hydrogen-bond acceptors (Lipinski definition) is 5. The summed E-state index contributed by atoms with van der Waals surface area (Å²) in [5.41, 5.74) is 0.125. The zero-order valence-electron chi connectivity index (χ0n) is 15.1. The average molecular weight is 496 g/mol. The second kappa shape index (κ2) is 9.16. The SMILES string of the molecule is O=C1S/C(=C/c2ccc(Sc3ccc(Cl)cc3)s2)C(=O)N1Cc1c(F)cccc1Cl. The van der Waals surface area contributed by atoms with E-state index in [0.717, 1.165) is 30.6 Å². The normalized spacial score (nSPS) is 15.4. The number of amides is 2. The molecule has 152 valence electrons. The van der Waals surface area contributed by atoms with Crippen molar-refractivity contribution in [1.29, 1.82) is 0 Å². The highest BCUT2D eigenvalue weighted by Gasteiger charge is 2.36. The second-order valence-corrected chi connectivity index (χ2v) is 10.5. The van der Waals surface area contributed by atoms with Crippen LogP contribution in [0, 0.1) is 5.82 Å². The van der Waals surface area contributed by atoms with E-state index in [9.17, 15) is 14.0 Å². The van der Waals surface area contributed by atoms with E-state index in [0.29, 0.717) is 9.93 Å². The van der Waals surface area contributed by atoms with Crippen LogP contribution in [-0.2, 0) is 11.3 Å². The summed E-state index contributed by atoms with van der Waals surface area (Å²) < 4.78 is 15.1. The lowest BCUT2D eigenvalue weighted by Gasteiger charge is -2.14. The molecule has 1 saturated heterocycles. The number of rotatable bonds is 5. The fourth-order valence-electron chi connectivity index (χ4n) is 2.69. The van der Waals surface area contributed by atoms with Crippen molar-refractivity contribution in [2.45, 2.75) is 15.6 Å². The van der Waals surface area contributed by atoms with Crippen LogP contribution in [-0.4, -0.2) is 16.0 Å². The van der Waals surface area contributed by atoms with Crippen molar-refractivity contribution in [2.24, 2.45) is 0 Å². The van der Waals surface area contributed by atoms with Crippen molar-refractivity contribution < 1.29 is 14.0 Å². The standard InChI is InChI=1S/C21H12Cl2FNO2S3/c22-12-4-6-13(7-5-12)28-19-9-8-14(29-19)10-18-20(26)25(21(27)30-18)11-15-16(23)2-1-3-17(15)24/h1-10H,11H2/b18-10+. The predicted octanol–water partition coefficient (Wildman–Crippen LogP) is 7.58. The fraction of sp³-hybridized carbons (Fsp3) is 0.0476. The van der Waals surface area contributed by atoms with Crippen molar-refractivity contribution in [3.63, 3.8) is 0 Å². The molecule has 4 rings (SSSR count). The lowest BCUT2D eigenvalue weighted by molar-refractivity contribution is -0.123. The lowest BCUT2D eigenvalue weighted by atomic mass is 10.2. The van der Waals surface area contributed by atoms with Gasteiger partial charge in [-0.25, -0.2) is 4.39 Å². The summed E-state index contributed by atoms with van der Waals surface area (Å²) in [6.45, 7) is -0.199. The Labute approximate surface area is 194 Å². The molecule has 3 nitrogen and oxygen atoms in total. The molecule has 0 unspecified atom stereocenters. The van der Waals surface area contributed by atoms with Gasteiger partial charge >= 0.3 is 0 Å². The Morgan fingerprint density at radius 2 is 1.80 bits per heavy atom. The average Bonchev–Trinajstić information content (AvgIpc) is 3.25. The van der Waals surface area contributed by atoms with Gasteiger partial charge in [-0.3, -0.25) is 14.5 Å². The van der Waals surface area contributed by atoms with E-state index in [4.69, 9.17) is 23.2 Å². The van der Waals surface area contributed by atoms with Gasteiger partial charge in [-0.2, -0.15) is 0 Å². The van der Waals surface area contributed by atoms with Gasteiger partial charge in [0.2, 0.25) is 0 Å². The van der Waals surface area contributed by atoms with Gasteiger partial charge in [-0.1, -0.05) is 41.0 Å². The van der Waals surface area contributed by atoms with E-state index in [1.165, 1.54) is 29.5 Å². The molecular formula is C21H12Cl2FNO2S3. The number of hydrogen-bond donors (Lipinski definition) is 0. The van der Waals surface area contributed by atoms with Gasteiger partial charge in [0.1, 0.15) is 5.82 Å². The number of carbonyl (C=O) groups excluding carboxylic acids is 2. The predicted molar refractivity (Wildman–Crippen MR) is 123 cm³/mol. The molecule has 2 heterocycles. The number of carbonyl (C=O) groups is 2. The molecular weight excluding hydrogens is 484 g/mol. The Bertz CT molecular complexity index is 1140. The van der Waals surface area contributed by atoms with E-state index >= 15 is 0 Å². The van der Waals surface area contributed by atoms with Gasteiger partial charge in [0.15, 0.2) is 0 Å². The zero-order chi connectivity index (χ0) is 21.3. The molecule has 9 heteroatoms. The topological polar surface area (TPSA) is 37.4 Å². The van der Waals surface area contributed by atoms with E-state index in [2.05, 4.69) is 0 Å². The molecule has 30 heavy (non-hydrogen) atoms. The fourth-order valence-corrected chi connectivity index (χ4v) is 6.01. The third-order valence-electron chi connectivity index (χ3n) is 4.16. The number of imide groups is 1. The molecule has 0 atom stereocenters. The van der Waals surface area contributed by atoms with Crippen LogP contribution >= 0.6 is 58.1 Å². The summed E-state index contributed by atoms with van der Waals surface area (Å²) in [4.78, 5) is 28.3. The lowest BCUT2D eigenvalue weighted by Crippen LogP contribution is -2.28. The van der Waals surface area contributed by atoms with E-state index in [1.54, 1.807) is 17.8 Å². The van der Waals surface area contributed by atoms with Gasteiger partial charge in [-0.15, -0.1) is 11.3 Å². The molecule has 2 amide bonds. The Morgan fingerprint density at radius 1 is 1.03 bits per heavy atom. The Morgan fingerprint density at radius 3 is 2.53 bits per heavy atom. The second-order valence-electron chi connectivity index (χ2n) is 6.18. The first-order chi connectivity index (χ1) is 14.4. The van der Waals surface area contributed by atoms with Crippen LogP contribution in [0.1, 0.15) is 10.4 Å². The summed E-state index contributed by atoms with van der Waals surface area (Å²) in [6, 6.07) is 15.6. The number of thioether (sulfide) groups is 1. The summed E-state index contributed by atoms with van der Waals surface area (Å²) in [5, 5.41) is 0.414. The number of nitrogens with zero attached hydrogens (tertiary/aromatic N) is 1. The minimum absolute atomic E-state index is 0.125. The number of halogens is 3. The van der Waals surface area contributed by atoms with Crippen LogP contribution in [0.4, 0.5) is 9.18 Å². The smallest absolute Gasteiger partial charge is 0.268 e. The van der Waals surface area contributed by atoms with Crippen molar-refractivity contribution >= 4 is 75.3 Å². The summed E-state index contributed by atoms with van der Waals surface area (Å²) in [7, 11) is 0. The highest BCUT2D eigenvalue weighted by molar-refractivity contribution is 8.18. The molecule has 1 aliphatic rings. The summed E-state index contributed by atoms with van der Waals surface area (Å²) in [5.74, 6) is -1.00. The molecule has 0 spiro atoms. The number of thiophene rings is 1. The monoisotopic (exact) mass is 495 g/mol. The molecule has 2 aromatic carbocycles.